The van der Waals surface area contributed by atoms with Crippen molar-refractivity contribution in [2.45, 2.75) is 32.2 Å². The summed E-state index contributed by atoms with van der Waals surface area (Å²) in [6.45, 7) is 3.89. The van der Waals surface area contributed by atoms with Gasteiger partial charge in [0.1, 0.15) is 0 Å². The molecule has 3 aliphatic heterocycles. The van der Waals surface area contributed by atoms with Gasteiger partial charge in [0.05, 0.1) is 5.56 Å². The Morgan fingerprint density at radius 3 is 2.74 bits per heavy atom. The lowest BCUT2D eigenvalue weighted by Crippen LogP contribution is -2.32. The zero-order valence-corrected chi connectivity index (χ0v) is 19.7. The molecule has 8 nitrogen and oxygen atoms in total. The highest BCUT2D eigenvalue weighted by atomic mass is 16.7. The van der Waals surface area contributed by atoms with E-state index in [1.165, 1.54) is 11.1 Å². The van der Waals surface area contributed by atoms with Crippen LogP contribution < -0.4 is 14.8 Å². The van der Waals surface area contributed by atoms with Crippen LogP contribution in [0.25, 0.3) is 0 Å². The van der Waals surface area contributed by atoms with Gasteiger partial charge in [-0.25, -0.2) is 0 Å². The van der Waals surface area contributed by atoms with Crippen LogP contribution in [0.3, 0.4) is 0 Å². The predicted octanol–water partition coefficient (Wildman–Crippen LogP) is 2.47. The molecular formula is C26H32N4O4. The highest BCUT2D eigenvalue weighted by Gasteiger charge is 2.36. The van der Waals surface area contributed by atoms with Gasteiger partial charge in [-0.2, -0.15) is 0 Å². The van der Waals surface area contributed by atoms with Crippen molar-refractivity contribution in [1.29, 1.82) is 0 Å². The van der Waals surface area contributed by atoms with Gasteiger partial charge in [-0.3, -0.25) is 14.6 Å². The van der Waals surface area contributed by atoms with Crippen molar-refractivity contribution in [2.24, 2.45) is 11.8 Å². The fourth-order valence-corrected chi connectivity index (χ4v) is 5.34. The normalized spacial score (nSPS) is 23.6. The number of aromatic nitrogens is 1. The minimum absolute atomic E-state index is 0.00989. The predicted molar refractivity (Wildman–Crippen MR) is 127 cm³/mol. The maximum atomic E-state index is 13.1. The van der Waals surface area contributed by atoms with Crippen LogP contribution in [-0.4, -0.2) is 66.6 Å². The molecule has 1 aromatic carbocycles. The molecule has 3 aliphatic rings. The molecule has 2 amide bonds. The van der Waals surface area contributed by atoms with Crippen molar-refractivity contribution in [2.75, 3.05) is 40.0 Å². The summed E-state index contributed by atoms with van der Waals surface area (Å²) >= 11 is 0. The number of hydrogen-bond acceptors (Lipinski definition) is 6. The Morgan fingerprint density at radius 2 is 1.94 bits per heavy atom. The average Bonchev–Trinajstić information content (AvgIpc) is 3.46. The van der Waals surface area contributed by atoms with Gasteiger partial charge in [-0.05, 0) is 80.1 Å². The molecule has 1 saturated heterocycles. The van der Waals surface area contributed by atoms with E-state index in [9.17, 15) is 9.59 Å². The van der Waals surface area contributed by atoms with Crippen molar-refractivity contribution >= 4 is 11.8 Å². The Morgan fingerprint density at radius 1 is 1.15 bits per heavy atom. The fraction of sp³-hybridized carbons (Fsp3) is 0.500. The SMILES string of the molecule is CN1CCCNC(=O)C[C@H]2CN(C(=O)c3cccnc3)C[C@H]2CCc2cc3c(cc2C1)OCO3. The number of ether oxygens (including phenoxy) is 2. The van der Waals surface area contributed by atoms with Crippen molar-refractivity contribution in [3.05, 3.63) is 53.3 Å². The van der Waals surface area contributed by atoms with Gasteiger partial charge in [0.15, 0.2) is 11.5 Å². The Balaban J connectivity index is 1.38. The maximum absolute atomic E-state index is 13.1. The van der Waals surface area contributed by atoms with Crippen LogP contribution in [0.1, 0.15) is 40.7 Å². The molecule has 1 fully saturated rings. The number of aryl methyl sites for hydroxylation is 1. The first-order chi connectivity index (χ1) is 16.6. The van der Waals surface area contributed by atoms with Gasteiger partial charge in [0.2, 0.25) is 12.7 Å². The molecule has 0 radical (unpaired) electrons. The average molecular weight is 465 g/mol. The lowest BCUT2D eigenvalue weighted by molar-refractivity contribution is -0.122. The molecule has 34 heavy (non-hydrogen) atoms. The molecule has 0 spiro atoms. The van der Waals surface area contributed by atoms with E-state index < -0.39 is 0 Å². The summed E-state index contributed by atoms with van der Waals surface area (Å²) in [5.74, 6) is 2.08. The quantitative estimate of drug-likeness (QED) is 0.698. The fourth-order valence-electron chi connectivity index (χ4n) is 5.34. The number of carbonyl (C=O) groups is 2. The molecule has 1 aromatic heterocycles. The van der Waals surface area contributed by atoms with Gasteiger partial charge in [0, 0.05) is 45.0 Å². The molecule has 0 saturated carbocycles. The van der Waals surface area contributed by atoms with E-state index in [0.29, 0.717) is 31.6 Å². The van der Waals surface area contributed by atoms with E-state index in [2.05, 4.69) is 34.4 Å². The van der Waals surface area contributed by atoms with Crippen molar-refractivity contribution in [3.63, 3.8) is 0 Å². The van der Waals surface area contributed by atoms with Crippen LogP contribution in [0, 0.1) is 11.8 Å². The summed E-state index contributed by atoms with van der Waals surface area (Å²) in [5.41, 5.74) is 3.11. The van der Waals surface area contributed by atoms with Crippen molar-refractivity contribution in [3.8, 4) is 11.5 Å². The van der Waals surface area contributed by atoms with Crippen LogP contribution in [0.2, 0.25) is 0 Å². The summed E-state index contributed by atoms with van der Waals surface area (Å²) in [5, 5.41) is 3.08. The standard InChI is InChI=1S/C26H32N4O4/c1-29-9-3-8-28-25(31)12-22-16-30(26(32)19-4-2-7-27-13-19)15-20(22)6-5-18-10-23-24(34-17-33-23)11-21(18)14-29/h2,4,7,10-11,13,20,22H,3,5-6,8-9,12,14-17H2,1H3,(H,28,31)/t20-,22+/m1/s1. The largest absolute Gasteiger partial charge is 0.454 e. The zero-order valence-electron chi connectivity index (χ0n) is 19.7. The monoisotopic (exact) mass is 464 g/mol. The first-order valence-corrected chi connectivity index (χ1v) is 12.1. The van der Waals surface area contributed by atoms with Gasteiger partial charge < -0.3 is 24.6 Å². The van der Waals surface area contributed by atoms with Crippen LogP contribution in [0.15, 0.2) is 36.7 Å². The molecule has 4 heterocycles. The summed E-state index contributed by atoms with van der Waals surface area (Å²) in [6.07, 6.45) is 6.40. The zero-order chi connectivity index (χ0) is 23.5. The first-order valence-electron chi connectivity index (χ1n) is 12.1. The van der Waals surface area contributed by atoms with Gasteiger partial charge in [0.25, 0.3) is 5.91 Å². The molecule has 2 aromatic rings. The van der Waals surface area contributed by atoms with Crippen molar-refractivity contribution in [1.82, 2.24) is 20.1 Å². The summed E-state index contributed by atoms with van der Waals surface area (Å²) < 4.78 is 11.3. The molecular weight excluding hydrogens is 432 g/mol. The highest BCUT2D eigenvalue weighted by Crippen LogP contribution is 2.37. The lowest BCUT2D eigenvalue weighted by Gasteiger charge is -2.22. The summed E-state index contributed by atoms with van der Waals surface area (Å²) in [6, 6.07) is 7.82. The Bertz CT molecular complexity index is 1040. The van der Waals surface area contributed by atoms with Gasteiger partial charge in [-0.15, -0.1) is 0 Å². The van der Waals surface area contributed by atoms with Gasteiger partial charge >= 0.3 is 0 Å². The molecule has 180 valence electrons. The second-order valence-electron chi connectivity index (χ2n) is 9.63. The first kappa shape index (κ1) is 22.7. The van der Waals surface area contributed by atoms with Gasteiger partial charge in [-0.1, -0.05) is 0 Å². The van der Waals surface area contributed by atoms with Crippen molar-refractivity contribution < 1.29 is 19.1 Å². The number of benzene rings is 1. The summed E-state index contributed by atoms with van der Waals surface area (Å²) in [4.78, 5) is 34.0. The number of hydrogen-bond donors (Lipinski definition) is 1. The smallest absolute Gasteiger partial charge is 0.255 e. The van der Waals surface area contributed by atoms with E-state index in [1.54, 1.807) is 24.5 Å². The third-order valence-corrected chi connectivity index (χ3v) is 7.18. The number of fused-ring (bicyclic) bond motifs is 3. The second-order valence-corrected chi connectivity index (χ2v) is 9.63. The van der Waals surface area contributed by atoms with Crippen LogP contribution >= 0.6 is 0 Å². The van der Waals surface area contributed by atoms with E-state index in [4.69, 9.17) is 9.47 Å². The van der Waals surface area contributed by atoms with E-state index >= 15 is 0 Å². The Hall–Kier alpha value is -3.13. The van der Waals surface area contributed by atoms with Crippen LogP contribution in [-0.2, 0) is 17.8 Å². The Kier molecular flexibility index (Phi) is 6.67. The maximum Gasteiger partial charge on any atom is 0.255 e. The number of likely N-dealkylation sites (tertiary alicyclic amines) is 1. The number of pyridine rings is 1. The summed E-state index contributed by atoms with van der Waals surface area (Å²) in [7, 11) is 2.11. The van der Waals surface area contributed by atoms with E-state index in [0.717, 1.165) is 43.9 Å². The minimum atomic E-state index is -0.00989. The van der Waals surface area contributed by atoms with E-state index in [1.807, 2.05) is 4.90 Å². The molecule has 0 aliphatic carbocycles. The molecule has 0 bridgehead atoms. The third kappa shape index (κ3) is 5.01. The molecule has 8 heteroatoms. The number of carbonyl (C=O) groups excluding carboxylic acids is 2. The number of rotatable bonds is 1. The molecule has 0 unspecified atom stereocenters. The van der Waals surface area contributed by atoms with Crippen LogP contribution in [0.5, 0.6) is 11.5 Å². The molecule has 5 rings (SSSR count). The number of nitrogens with one attached hydrogen (secondary N) is 1. The third-order valence-electron chi connectivity index (χ3n) is 7.18. The molecule has 1 N–H and O–H groups in total. The second kappa shape index (κ2) is 10.0. The van der Waals surface area contributed by atoms with E-state index in [-0.39, 0.29) is 30.4 Å². The minimum Gasteiger partial charge on any atom is -0.454 e. The number of nitrogens with zero attached hydrogens (tertiary/aromatic N) is 3. The number of amides is 2. The Labute approximate surface area is 200 Å². The topological polar surface area (TPSA) is 84.0 Å². The highest BCUT2D eigenvalue weighted by molar-refractivity contribution is 5.94. The molecule has 2 atom stereocenters. The lowest BCUT2D eigenvalue weighted by atomic mass is 9.86. The van der Waals surface area contributed by atoms with Crippen LogP contribution in [0.4, 0.5) is 0 Å².